The Kier molecular flexibility index (Phi) is 5.15. The van der Waals surface area contributed by atoms with E-state index in [1.807, 2.05) is 36.4 Å². The quantitative estimate of drug-likeness (QED) is 0.685. The van der Waals surface area contributed by atoms with Crippen molar-refractivity contribution in [3.05, 3.63) is 48.8 Å². The van der Waals surface area contributed by atoms with Gasteiger partial charge in [0, 0.05) is 23.8 Å². The second-order valence-electron chi connectivity index (χ2n) is 7.74. The normalized spacial score (nSPS) is 20.9. The lowest BCUT2D eigenvalue weighted by Crippen LogP contribution is -2.33. The van der Waals surface area contributed by atoms with Crippen LogP contribution in [0, 0.1) is 0 Å². The van der Waals surface area contributed by atoms with Crippen LogP contribution in [0.4, 0.5) is 17.6 Å². The van der Waals surface area contributed by atoms with Gasteiger partial charge < -0.3 is 20.7 Å². The van der Waals surface area contributed by atoms with Crippen molar-refractivity contribution < 1.29 is 4.74 Å². The summed E-state index contributed by atoms with van der Waals surface area (Å²) in [5.74, 6) is 3.48. The van der Waals surface area contributed by atoms with Crippen molar-refractivity contribution in [2.75, 3.05) is 23.4 Å². The lowest BCUT2D eigenvalue weighted by molar-refractivity contribution is 0.310. The van der Waals surface area contributed by atoms with Gasteiger partial charge in [0.2, 0.25) is 5.95 Å². The van der Waals surface area contributed by atoms with Gasteiger partial charge in [-0.2, -0.15) is 4.98 Å². The predicted octanol–water partition coefficient (Wildman–Crippen LogP) is 3.15. The van der Waals surface area contributed by atoms with Gasteiger partial charge in [-0.05, 0) is 31.7 Å². The molecule has 3 N–H and O–H groups in total. The summed E-state index contributed by atoms with van der Waals surface area (Å²) in [4.78, 5) is 20.5. The molecule has 0 radical (unpaired) electrons. The van der Waals surface area contributed by atoms with Crippen LogP contribution in [-0.2, 0) is 0 Å². The Labute approximate surface area is 175 Å². The highest BCUT2D eigenvalue weighted by atomic mass is 16.5. The van der Waals surface area contributed by atoms with Crippen LogP contribution >= 0.6 is 0 Å². The number of benzene rings is 1. The third kappa shape index (κ3) is 3.91. The highest BCUT2D eigenvalue weighted by Crippen LogP contribution is 2.35. The summed E-state index contributed by atoms with van der Waals surface area (Å²) in [5, 5.41) is 3.47. The number of fused-ring (bicyclic) bond motifs is 1. The summed E-state index contributed by atoms with van der Waals surface area (Å²) in [5.41, 5.74) is 6.99. The maximum atomic E-state index is 6.02. The summed E-state index contributed by atoms with van der Waals surface area (Å²) in [6.07, 6.45) is 7.68. The molecule has 3 aromatic rings. The van der Waals surface area contributed by atoms with E-state index in [4.69, 9.17) is 20.4 Å². The fourth-order valence-electron chi connectivity index (χ4n) is 3.97. The van der Waals surface area contributed by atoms with Gasteiger partial charge >= 0.3 is 0 Å². The van der Waals surface area contributed by atoms with Gasteiger partial charge in [-0.15, -0.1) is 0 Å². The van der Waals surface area contributed by atoms with Gasteiger partial charge in [0.1, 0.15) is 12.4 Å². The third-order valence-corrected chi connectivity index (χ3v) is 5.62. The molecule has 2 aliphatic rings. The van der Waals surface area contributed by atoms with E-state index < -0.39 is 0 Å². The fourth-order valence-corrected chi connectivity index (χ4v) is 3.97. The van der Waals surface area contributed by atoms with E-state index in [9.17, 15) is 0 Å². The standard InChI is InChI=1S/C22H25N7O/c23-16-6-8-17(9-7-16)26-22-24-11-10-19(27-22)29-12-13-30-18-14-25-20(28-21(18)29)15-4-2-1-3-5-15/h1-5,10-11,14,16-17H,6-9,12-13,23H2,(H,24,26,27). The Hall–Kier alpha value is -3.26. The van der Waals surface area contributed by atoms with Gasteiger partial charge in [-0.3, -0.25) is 0 Å². The van der Waals surface area contributed by atoms with Crippen molar-refractivity contribution >= 4 is 17.6 Å². The first kappa shape index (κ1) is 18.7. The lowest BCUT2D eigenvalue weighted by Gasteiger charge is -2.30. The van der Waals surface area contributed by atoms with Crippen LogP contribution in [0.3, 0.4) is 0 Å². The van der Waals surface area contributed by atoms with Crippen LogP contribution in [0.2, 0.25) is 0 Å². The van der Waals surface area contributed by atoms with Crippen molar-refractivity contribution in [2.45, 2.75) is 37.8 Å². The second-order valence-corrected chi connectivity index (χ2v) is 7.74. The van der Waals surface area contributed by atoms with Crippen LogP contribution < -0.4 is 20.7 Å². The molecule has 0 saturated heterocycles. The minimum Gasteiger partial charge on any atom is -0.486 e. The van der Waals surface area contributed by atoms with Gasteiger partial charge in [-0.25, -0.2) is 15.0 Å². The Morgan fingerprint density at radius 3 is 2.67 bits per heavy atom. The van der Waals surface area contributed by atoms with Crippen LogP contribution in [0.5, 0.6) is 5.75 Å². The third-order valence-electron chi connectivity index (χ3n) is 5.62. The molecule has 1 fully saturated rings. The number of hydrogen-bond acceptors (Lipinski definition) is 8. The molecule has 0 amide bonds. The van der Waals surface area contributed by atoms with E-state index >= 15 is 0 Å². The Morgan fingerprint density at radius 2 is 1.83 bits per heavy atom. The highest BCUT2D eigenvalue weighted by molar-refractivity contribution is 5.67. The molecule has 5 rings (SSSR count). The number of anilines is 3. The van der Waals surface area contributed by atoms with Crippen molar-refractivity contribution in [3.63, 3.8) is 0 Å². The van der Waals surface area contributed by atoms with Crippen LogP contribution in [0.25, 0.3) is 11.4 Å². The first-order valence-electron chi connectivity index (χ1n) is 10.4. The molecule has 1 aromatic carbocycles. The zero-order valence-electron chi connectivity index (χ0n) is 16.7. The van der Waals surface area contributed by atoms with Gasteiger partial charge in [0.15, 0.2) is 17.4 Å². The largest absolute Gasteiger partial charge is 0.486 e. The van der Waals surface area contributed by atoms with E-state index in [0.29, 0.717) is 42.8 Å². The van der Waals surface area contributed by atoms with Crippen LogP contribution in [0.15, 0.2) is 48.8 Å². The first-order chi connectivity index (χ1) is 14.8. The summed E-state index contributed by atoms with van der Waals surface area (Å²) >= 11 is 0. The van der Waals surface area contributed by atoms with Crippen molar-refractivity contribution in [1.29, 1.82) is 0 Å². The molecule has 0 bridgehead atoms. The fraction of sp³-hybridized carbons (Fsp3) is 0.364. The van der Waals surface area contributed by atoms with E-state index in [0.717, 1.165) is 42.9 Å². The molecule has 8 nitrogen and oxygen atoms in total. The van der Waals surface area contributed by atoms with Gasteiger partial charge in [0.25, 0.3) is 0 Å². The number of rotatable bonds is 4. The molecule has 0 spiro atoms. The molecule has 8 heteroatoms. The van der Waals surface area contributed by atoms with E-state index in [2.05, 4.69) is 20.2 Å². The average molecular weight is 403 g/mol. The first-order valence-corrected chi connectivity index (χ1v) is 10.4. The molecule has 30 heavy (non-hydrogen) atoms. The van der Waals surface area contributed by atoms with Crippen LogP contribution in [0.1, 0.15) is 25.7 Å². The predicted molar refractivity (Wildman–Crippen MR) is 116 cm³/mol. The zero-order chi connectivity index (χ0) is 20.3. The maximum absolute atomic E-state index is 6.02. The lowest BCUT2D eigenvalue weighted by atomic mass is 9.92. The van der Waals surface area contributed by atoms with Crippen molar-refractivity contribution in [1.82, 2.24) is 19.9 Å². The minimum absolute atomic E-state index is 0.318. The Morgan fingerprint density at radius 1 is 1.00 bits per heavy atom. The Balaban J connectivity index is 1.42. The number of nitrogens with two attached hydrogens (primary N) is 1. The molecule has 154 valence electrons. The molecule has 0 unspecified atom stereocenters. The summed E-state index contributed by atoms with van der Waals surface area (Å²) in [6, 6.07) is 12.5. The average Bonchev–Trinajstić information content (AvgIpc) is 2.81. The Bertz CT molecular complexity index is 1010. The maximum Gasteiger partial charge on any atom is 0.224 e. The van der Waals surface area contributed by atoms with E-state index in [-0.39, 0.29) is 0 Å². The molecule has 1 saturated carbocycles. The second kappa shape index (κ2) is 8.23. The smallest absolute Gasteiger partial charge is 0.224 e. The number of aromatic nitrogens is 4. The molecule has 3 heterocycles. The van der Waals surface area contributed by atoms with Crippen molar-refractivity contribution in [2.24, 2.45) is 5.73 Å². The molecular weight excluding hydrogens is 378 g/mol. The zero-order valence-corrected chi connectivity index (χ0v) is 16.7. The van der Waals surface area contributed by atoms with Crippen LogP contribution in [-0.4, -0.2) is 45.2 Å². The SMILES string of the molecule is NC1CCC(Nc2nccc(N3CCOc4cnc(-c5ccccc5)nc43)n2)CC1. The van der Waals surface area contributed by atoms with Gasteiger partial charge in [0.05, 0.1) is 12.7 Å². The number of hydrogen-bond donors (Lipinski definition) is 2. The topological polar surface area (TPSA) is 102 Å². The molecule has 1 aliphatic carbocycles. The number of nitrogens with zero attached hydrogens (tertiary/aromatic N) is 5. The molecule has 1 aliphatic heterocycles. The van der Waals surface area contributed by atoms with E-state index in [1.54, 1.807) is 12.4 Å². The van der Waals surface area contributed by atoms with Crippen molar-refractivity contribution in [3.8, 4) is 17.1 Å². The van der Waals surface area contributed by atoms with Gasteiger partial charge in [-0.1, -0.05) is 30.3 Å². The number of ether oxygens (including phenoxy) is 1. The monoisotopic (exact) mass is 403 g/mol. The summed E-state index contributed by atoms with van der Waals surface area (Å²) < 4.78 is 5.79. The molecular formula is C22H25N7O. The summed E-state index contributed by atoms with van der Waals surface area (Å²) in [7, 11) is 0. The minimum atomic E-state index is 0.318. The summed E-state index contributed by atoms with van der Waals surface area (Å²) in [6.45, 7) is 1.21. The number of nitrogens with one attached hydrogen (secondary N) is 1. The molecule has 2 aromatic heterocycles. The highest BCUT2D eigenvalue weighted by Gasteiger charge is 2.25. The molecule has 0 atom stereocenters. The van der Waals surface area contributed by atoms with E-state index in [1.165, 1.54) is 0 Å².